The number of aromatic amines is 1. The number of benzene rings is 2. The summed E-state index contributed by atoms with van der Waals surface area (Å²) in [5.74, 6) is 0.818. The maximum Gasteiger partial charge on any atom is 0.253 e. The van der Waals surface area contributed by atoms with Gasteiger partial charge in [-0.05, 0) is 86.3 Å². The van der Waals surface area contributed by atoms with Gasteiger partial charge in [-0.15, -0.1) is 0 Å². The van der Waals surface area contributed by atoms with Gasteiger partial charge in [-0.2, -0.15) is 0 Å². The summed E-state index contributed by atoms with van der Waals surface area (Å²) in [6, 6.07) is 15.7. The second kappa shape index (κ2) is 10.1. The molecule has 3 aromatic rings. The monoisotopic (exact) mass is 451 g/mol. The van der Waals surface area contributed by atoms with Gasteiger partial charge in [0.2, 0.25) is 0 Å². The van der Waals surface area contributed by atoms with Crippen LogP contribution in [-0.2, 0) is 11.3 Å². The van der Waals surface area contributed by atoms with E-state index in [1.807, 2.05) is 67.3 Å². The van der Waals surface area contributed by atoms with Crippen molar-refractivity contribution in [1.29, 1.82) is 0 Å². The van der Waals surface area contributed by atoms with Gasteiger partial charge in [-0.25, -0.2) is 0 Å². The van der Waals surface area contributed by atoms with Crippen LogP contribution in [0.2, 0.25) is 0 Å². The van der Waals surface area contributed by atoms with Crippen LogP contribution in [0.15, 0.2) is 53.3 Å². The molecule has 0 bridgehead atoms. The molecule has 1 saturated heterocycles. The number of anilines is 1. The average molecular weight is 452 g/mol. The third-order valence-corrected chi connectivity index (χ3v) is 5.95. The molecule has 0 amide bonds. The molecule has 1 aliphatic heterocycles. The number of H-pyrrole nitrogens is 1. The minimum absolute atomic E-state index is 0.0932. The van der Waals surface area contributed by atoms with E-state index in [0.717, 1.165) is 47.4 Å². The van der Waals surface area contributed by atoms with Gasteiger partial charge >= 0.3 is 0 Å². The van der Waals surface area contributed by atoms with Crippen LogP contribution in [0.4, 0.5) is 5.69 Å². The van der Waals surface area contributed by atoms with Crippen molar-refractivity contribution in [3.8, 4) is 5.75 Å². The van der Waals surface area contributed by atoms with E-state index in [-0.39, 0.29) is 11.7 Å². The number of nitrogens with zero attached hydrogens (tertiary/aromatic N) is 1. The van der Waals surface area contributed by atoms with Crippen molar-refractivity contribution in [2.24, 2.45) is 0 Å². The lowest BCUT2D eigenvalue weighted by Gasteiger charge is -2.28. The first-order chi connectivity index (χ1) is 15.5. The number of ether oxygens (including phenoxy) is 2. The minimum atomic E-state index is -0.0932. The third kappa shape index (κ3) is 5.47. The number of aromatic nitrogens is 1. The Morgan fingerprint density at radius 1 is 1.25 bits per heavy atom. The van der Waals surface area contributed by atoms with Crippen molar-refractivity contribution in [3.63, 3.8) is 0 Å². The molecule has 1 atom stereocenters. The highest BCUT2D eigenvalue weighted by Gasteiger charge is 2.22. The molecule has 0 saturated carbocycles. The predicted octanol–water partition coefficient (Wildman–Crippen LogP) is 4.61. The van der Waals surface area contributed by atoms with Gasteiger partial charge in [-0.1, -0.05) is 12.1 Å². The first-order valence-electron chi connectivity index (χ1n) is 11.0. The van der Waals surface area contributed by atoms with Gasteiger partial charge in [0.25, 0.3) is 5.56 Å². The summed E-state index contributed by atoms with van der Waals surface area (Å²) in [5.41, 5.74) is 3.42. The van der Waals surface area contributed by atoms with E-state index in [9.17, 15) is 4.79 Å². The zero-order valence-electron chi connectivity index (χ0n) is 18.5. The molecular formula is C25H29N3O3S. The highest BCUT2D eigenvalue weighted by molar-refractivity contribution is 7.80. The van der Waals surface area contributed by atoms with Crippen LogP contribution < -0.4 is 15.6 Å². The summed E-state index contributed by atoms with van der Waals surface area (Å²) in [6.07, 6.45) is 2.15. The van der Waals surface area contributed by atoms with Crippen LogP contribution in [0.25, 0.3) is 10.9 Å². The van der Waals surface area contributed by atoms with Gasteiger partial charge < -0.3 is 24.7 Å². The van der Waals surface area contributed by atoms with E-state index in [1.165, 1.54) is 0 Å². The first-order valence-corrected chi connectivity index (χ1v) is 11.5. The Morgan fingerprint density at radius 2 is 2.06 bits per heavy atom. The topological polar surface area (TPSA) is 66.6 Å². The SMILES string of the molecule is CCOc1ccc(NC(=S)N(Cc2cc3ccc(C)cc3[nH]c2=O)CC2CCCO2)cc1. The van der Waals surface area contributed by atoms with Gasteiger partial charge in [0.1, 0.15) is 5.75 Å². The summed E-state index contributed by atoms with van der Waals surface area (Å²) in [5, 5.41) is 4.87. The molecule has 0 aliphatic carbocycles. The van der Waals surface area contributed by atoms with Gasteiger partial charge in [0, 0.05) is 29.9 Å². The molecule has 0 radical (unpaired) electrons. The summed E-state index contributed by atoms with van der Waals surface area (Å²) < 4.78 is 11.4. The second-order valence-corrected chi connectivity index (χ2v) is 8.50. The molecule has 6 nitrogen and oxygen atoms in total. The Balaban J connectivity index is 1.55. The smallest absolute Gasteiger partial charge is 0.253 e. The highest BCUT2D eigenvalue weighted by Crippen LogP contribution is 2.20. The number of fused-ring (bicyclic) bond motifs is 1. The molecule has 2 N–H and O–H groups in total. The van der Waals surface area contributed by atoms with E-state index in [2.05, 4.69) is 10.3 Å². The molecule has 0 spiro atoms. The van der Waals surface area contributed by atoms with Crippen molar-refractivity contribution in [3.05, 3.63) is 70.0 Å². The number of nitrogens with one attached hydrogen (secondary N) is 2. The third-order valence-electron chi connectivity index (χ3n) is 5.59. The fourth-order valence-corrected chi connectivity index (χ4v) is 4.20. The quantitative estimate of drug-likeness (QED) is 0.511. The molecule has 7 heteroatoms. The second-order valence-electron chi connectivity index (χ2n) is 8.12. The molecular weight excluding hydrogens is 422 g/mol. The van der Waals surface area contributed by atoms with Crippen LogP contribution in [0.1, 0.15) is 30.9 Å². The summed E-state index contributed by atoms with van der Waals surface area (Å²) in [6.45, 7) is 6.41. The van der Waals surface area contributed by atoms with Crippen LogP contribution >= 0.6 is 12.2 Å². The van der Waals surface area contributed by atoms with Gasteiger partial charge in [0.05, 0.1) is 19.3 Å². The summed E-state index contributed by atoms with van der Waals surface area (Å²) >= 11 is 5.75. The maximum absolute atomic E-state index is 12.8. The number of pyridine rings is 1. The van der Waals surface area contributed by atoms with Crippen molar-refractivity contribution >= 4 is 33.9 Å². The Labute approximate surface area is 193 Å². The van der Waals surface area contributed by atoms with E-state index in [1.54, 1.807) is 0 Å². The fraction of sp³-hybridized carbons (Fsp3) is 0.360. The van der Waals surface area contributed by atoms with Crippen molar-refractivity contribution in [2.45, 2.75) is 39.3 Å². The van der Waals surface area contributed by atoms with Crippen LogP contribution in [0, 0.1) is 6.92 Å². The Morgan fingerprint density at radius 3 is 2.78 bits per heavy atom. The molecule has 2 heterocycles. The normalized spacial score (nSPS) is 15.6. The van der Waals surface area contributed by atoms with Crippen LogP contribution in [0.3, 0.4) is 0 Å². The molecule has 4 rings (SSSR count). The Bertz CT molecular complexity index is 1140. The Kier molecular flexibility index (Phi) is 7.07. The average Bonchev–Trinajstić information content (AvgIpc) is 3.28. The molecule has 1 aromatic heterocycles. The van der Waals surface area contributed by atoms with Crippen molar-refractivity contribution in [2.75, 3.05) is 25.1 Å². The molecule has 1 fully saturated rings. The lowest BCUT2D eigenvalue weighted by atomic mass is 10.1. The number of rotatable bonds is 7. The number of aryl methyl sites for hydroxylation is 1. The number of thiocarbonyl (C=S) groups is 1. The van der Waals surface area contributed by atoms with E-state index in [4.69, 9.17) is 21.7 Å². The number of hydrogen-bond donors (Lipinski definition) is 2. The lowest BCUT2D eigenvalue weighted by molar-refractivity contribution is 0.0904. The maximum atomic E-state index is 12.8. The molecule has 168 valence electrons. The fourth-order valence-electron chi connectivity index (χ4n) is 3.94. The van der Waals surface area contributed by atoms with Crippen LogP contribution in [0.5, 0.6) is 5.75 Å². The molecule has 32 heavy (non-hydrogen) atoms. The molecule has 1 unspecified atom stereocenters. The highest BCUT2D eigenvalue weighted by atomic mass is 32.1. The van der Waals surface area contributed by atoms with Gasteiger partial charge in [0.15, 0.2) is 5.11 Å². The largest absolute Gasteiger partial charge is 0.494 e. The molecule has 1 aliphatic rings. The summed E-state index contributed by atoms with van der Waals surface area (Å²) in [4.78, 5) is 17.8. The zero-order chi connectivity index (χ0) is 22.5. The summed E-state index contributed by atoms with van der Waals surface area (Å²) in [7, 11) is 0. The number of hydrogen-bond acceptors (Lipinski definition) is 4. The van der Waals surface area contributed by atoms with Crippen molar-refractivity contribution in [1.82, 2.24) is 9.88 Å². The first kappa shape index (κ1) is 22.3. The minimum Gasteiger partial charge on any atom is -0.494 e. The molecule has 2 aromatic carbocycles. The zero-order valence-corrected chi connectivity index (χ0v) is 19.3. The van der Waals surface area contributed by atoms with E-state index >= 15 is 0 Å². The van der Waals surface area contributed by atoms with Crippen LogP contribution in [-0.4, -0.2) is 40.9 Å². The predicted molar refractivity (Wildman–Crippen MR) is 133 cm³/mol. The van der Waals surface area contributed by atoms with E-state index < -0.39 is 0 Å². The lowest BCUT2D eigenvalue weighted by Crippen LogP contribution is -2.40. The standard InChI is InChI=1S/C25H29N3O3S/c1-3-30-21-10-8-20(9-11-21)26-25(32)28(16-22-5-4-12-31-22)15-19-14-18-7-6-17(2)13-23(18)27-24(19)29/h6-11,13-14,22H,3-5,12,15-16H2,1-2H3,(H,26,32)(H,27,29). The van der Waals surface area contributed by atoms with Crippen molar-refractivity contribution < 1.29 is 9.47 Å². The van der Waals surface area contributed by atoms with E-state index in [0.29, 0.717) is 30.4 Å². The van der Waals surface area contributed by atoms with Gasteiger partial charge in [-0.3, -0.25) is 4.79 Å². The Hall–Kier alpha value is -2.90.